The Balaban J connectivity index is 2.25. The molecule has 2 heteroatoms. The molecule has 0 fully saturated rings. The summed E-state index contributed by atoms with van der Waals surface area (Å²) in [4.78, 5) is 0. The summed E-state index contributed by atoms with van der Waals surface area (Å²) < 4.78 is 0. The lowest BCUT2D eigenvalue weighted by Gasteiger charge is -2.15. The van der Waals surface area contributed by atoms with Crippen molar-refractivity contribution in [3.8, 4) is 6.07 Å². The average Bonchev–Trinajstić information content (AvgIpc) is 2.37. The van der Waals surface area contributed by atoms with E-state index >= 15 is 0 Å². The largest absolute Gasteiger partial charge is 0.366 e. The van der Waals surface area contributed by atoms with Gasteiger partial charge in [-0.2, -0.15) is 5.26 Å². The number of benzene rings is 2. The van der Waals surface area contributed by atoms with Gasteiger partial charge in [-0.25, -0.2) is 0 Å². The van der Waals surface area contributed by atoms with E-state index in [1.54, 1.807) is 0 Å². The summed E-state index contributed by atoms with van der Waals surface area (Å²) in [6.07, 6.45) is 0. The van der Waals surface area contributed by atoms with Crippen LogP contribution < -0.4 is 5.32 Å². The van der Waals surface area contributed by atoms with Crippen LogP contribution in [-0.4, -0.2) is 0 Å². The minimum atomic E-state index is -0.318. The fourth-order valence-electron chi connectivity index (χ4n) is 2.18. The summed E-state index contributed by atoms with van der Waals surface area (Å²) in [5.41, 5.74) is 5.56. The van der Waals surface area contributed by atoms with E-state index in [1.807, 2.05) is 24.3 Å². The van der Waals surface area contributed by atoms with Crippen LogP contribution in [-0.2, 0) is 0 Å². The van der Waals surface area contributed by atoms with Crippen molar-refractivity contribution in [1.82, 2.24) is 0 Å². The fourth-order valence-corrected chi connectivity index (χ4v) is 2.18. The van der Waals surface area contributed by atoms with Crippen molar-refractivity contribution in [3.05, 3.63) is 64.7 Å². The van der Waals surface area contributed by atoms with Crippen LogP contribution >= 0.6 is 0 Å². The highest BCUT2D eigenvalue weighted by molar-refractivity contribution is 5.49. The third-order valence-corrected chi connectivity index (χ3v) is 3.07. The molecule has 96 valence electrons. The zero-order valence-electron chi connectivity index (χ0n) is 11.6. The molecule has 2 nitrogen and oxygen atoms in total. The maximum atomic E-state index is 9.36. The second-order valence-electron chi connectivity index (χ2n) is 4.99. The number of nitrogens with one attached hydrogen (secondary N) is 1. The molecule has 1 unspecified atom stereocenters. The van der Waals surface area contributed by atoms with Crippen molar-refractivity contribution in [3.63, 3.8) is 0 Å². The fraction of sp³-hybridized carbons (Fsp3) is 0.235. The van der Waals surface area contributed by atoms with Crippen molar-refractivity contribution in [2.24, 2.45) is 0 Å². The molecule has 0 saturated carbocycles. The van der Waals surface area contributed by atoms with Gasteiger partial charge in [-0.05, 0) is 38.5 Å². The average molecular weight is 250 g/mol. The number of nitriles is 1. The second kappa shape index (κ2) is 5.58. The molecule has 0 aromatic heterocycles. The Morgan fingerprint density at radius 3 is 2.00 bits per heavy atom. The Hall–Kier alpha value is -2.27. The Bertz CT molecular complexity index is 586. The van der Waals surface area contributed by atoms with Gasteiger partial charge in [0, 0.05) is 5.69 Å². The monoisotopic (exact) mass is 250 g/mol. The maximum Gasteiger partial charge on any atom is 0.140 e. The van der Waals surface area contributed by atoms with Crippen LogP contribution in [0, 0.1) is 32.1 Å². The third-order valence-electron chi connectivity index (χ3n) is 3.07. The molecular weight excluding hydrogens is 232 g/mol. The minimum Gasteiger partial charge on any atom is -0.366 e. The first-order valence-electron chi connectivity index (χ1n) is 6.39. The van der Waals surface area contributed by atoms with E-state index in [1.165, 1.54) is 16.7 Å². The smallest absolute Gasteiger partial charge is 0.140 e. The normalized spacial score (nSPS) is 11.7. The van der Waals surface area contributed by atoms with E-state index in [-0.39, 0.29) is 6.04 Å². The van der Waals surface area contributed by atoms with Gasteiger partial charge in [0.1, 0.15) is 6.04 Å². The molecule has 1 atom stereocenters. The van der Waals surface area contributed by atoms with Gasteiger partial charge in [0.2, 0.25) is 0 Å². The van der Waals surface area contributed by atoms with Crippen LogP contribution in [0.15, 0.2) is 42.5 Å². The Labute approximate surface area is 114 Å². The number of anilines is 1. The van der Waals surface area contributed by atoms with Gasteiger partial charge in [-0.15, -0.1) is 0 Å². The highest BCUT2D eigenvalue weighted by Gasteiger charge is 2.10. The predicted octanol–water partition coefficient (Wildman–Crippen LogP) is 4.29. The zero-order valence-corrected chi connectivity index (χ0v) is 11.6. The highest BCUT2D eigenvalue weighted by Crippen LogP contribution is 2.21. The molecule has 0 saturated heterocycles. The summed E-state index contributed by atoms with van der Waals surface area (Å²) in [5.74, 6) is 0. The highest BCUT2D eigenvalue weighted by atomic mass is 14.9. The van der Waals surface area contributed by atoms with Crippen molar-refractivity contribution < 1.29 is 0 Å². The molecule has 0 aliphatic heterocycles. The molecule has 1 N–H and O–H groups in total. The summed E-state index contributed by atoms with van der Waals surface area (Å²) in [5, 5.41) is 12.6. The SMILES string of the molecule is Cc1ccc(NC(C#N)c2cc(C)cc(C)c2)cc1. The van der Waals surface area contributed by atoms with Gasteiger partial charge in [-0.1, -0.05) is 47.0 Å². The zero-order chi connectivity index (χ0) is 13.8. The molecule has 19 heavy (non-hydrogen) atoms. The standard InChI is InChI=1S/C17H18N2/c1-12-4-6-16(7-5-12)19-17(11-18)15-9-13(2)8-14(3)10-15/h4-10,17,19H,1-3H3. The lowest BCUT2D eigenvalue weighted by atomic mass is 10.0. The molecule has 2 aromatic rings. The Morgan fingerprint density at radius 2 is 1.47 bits per heavy atom. The lowest BCUT2D eigenvalue weighted by molar-refractivity contribution is 0.990. The topological polar surface area (TPSA) is 35.8 Å². The molecule has 0 heterocycles. The number of nitrogens with zero attached hydrogens (tertiary/aromatic N) is 1. The van der Waals surface area contributed by atoms with Gasteiger partial charge in [0.25, 0.3) is 0 Å². The maximum absolute atomic E-state index is 9.36. The van der Waals surface area contributed by atoms with E-state index in [0.29, 0.717) is 0 Å². The number of aryl methyl sites for hydroxylation is 3. The number of hydrogen-bond donors (Lipinski definition) is 1. The first-order valence-corrected chi connectivity index (χ1v) is 6.39. The quantitative estimate of drug-likeness (QED) is 0.882. The van der Waals surface area contributed by atoms with Gasteiger partial charge in [-0.3, -0.25) is 0 Å². The number of hydrogen-bond acceptors (Lipinski definition) is 2. The van der Waals surface area contributed by atoms with E-state index in [2.05, 4.69) is 50.4 Å². The first-order chi connectivity index (χ1) is 9.08. The van der Waals surface area contributed by atoms with Gasteiger partial charge in [0.05, 0.1) is 6.07 Å². The van der Waals surface area contributed by atoms with Gasteiger partial charge >= 0.3 is 0 Å². The summed E-state index contributed by atoms with van der Waals surface area (Å²) >= 11 is 0. The van der Waals surface area contributed by atoms with Crippen LogP contribution in [0.4, 0.5) is 5.69 Å². The van der Waals surface area contributed by atoms with Crippen molar-refractivity contribution in [2.45, 2.75) is 26.8 Å². The van der Waals surface area contributed by atoms with Crippen molar-refractivity contribution in [1.29, 1.82) is 5.26 Å². The summed E-state index contributed by atoms with van der Waals surface area (Å²) in [6.45, 7) is 6.16. The summed E-state index contributed by atoms with van der Waals surface area (Å²) in [6, 6.07) is 16.3. The second-order valence-corrected chi connectivity index (χ2v) is 4.99. The molecule has 2 rings (SSSR count). The van der Waals surface area contributed by atoms with Crippen LogP contribution in [0.2, 0.25) is 0 Å². The lowest BCUT2D eigenvalue weighted by Crippen LogP contribution is -2.09. The first kappa shape index (κ1) is 13.2. The van der Waals surface area contributed by atoms with Crippen molar-refractivity contribution in [2.75, 3.05) is 5.32 Å². The molecular formula is C17H18N2. The Kier molecular flexibility index (Phi) is 3.87. The Morgan fingerprint density at radius 1 is 0.895 bits per heavy atom. The molecule has 0 aliphatic rings. The summed E-state index contributed by atoms with van der Waals surface area (Å²) in [7, 11) is 0. The van der Waals surface area contributed by atoms with Crippen LogP contribution in [0.3, 0.4) is 0 Å². The van der Waals surface area contributed by atoms with Crippen LogP contribution in [0.1, 0.15) is 28.3 Å². The van der Waals surface area contributed by atoms with E-state index in [0.717, 1.165) is 11.3 Å². The van der Waals surface area contributed by atoms with Gasteiger partial charge < -0.3 is 5.32 Å². The van der Waals surface area contributed by atoms with E-state index in [9.17, 15) is 5.26 Å². The molecule has 0 amide bonds. The molecule has 2 aromatic carbocycles. The van der Waals surface area contributed by atoms with Crippen molar-refractivity contribution >= 4 is 5.69 Å². The molecule has 0 radical (unpaired) electrons. The van der Waals surface area contributed by atoms with Crippen LogP contribution in [0.25, 0.3) is 0 Å². The predicted molar refractivity (Wildman–Crippen MR) is 79.1 cm³/mol. The van der Waals surface area contributed by atoms with E-state index in [4.69, 9.17) is 0 Å². The van der Waals surface area contributed by atoms with Gasteiger partial charge in [0.15, 0.2) is 0 Å². The minimum absolute atomic E-state index is 0.318. The molecule has 0 aliphatic carbocycles. The van der Waals surface area contributed by atoms with E-state index < -0.39 is 0 Å². The molecule has 0 spiro atoms. The third kappa shape index (κ3) is 3.35. The number of rotatable bonds is 3. The molecule has 0 bridgehead atoms. The van der Waals surface area contributed by atoms with Crippen LogP contribution in [0.5, 0.6) is 0 Å².